The van der Waals surface area contributed by atoms with Crippen LogP contribution in [0, 0.1) is 0 Å². The zero-order valence-electron chi connectivity index (χ0n) is 6.88. The van der Waals surface area contributed by atoms with Crippen LogP contribution in [-0.2, 0) is 0 Å². The van der Waals surface area contributed by atoms with E-state index in [1.807, 2.05) is 12.1 Å². The molecule has 2 N–H and O–H groups in total. The molecule has 0 bridgehead atoms. The molecule has 0 spiro atoms. The van der Waals surface area contributed by atoms with Crippen molar-refractivity contribution in [3.63, 3.8) is 0 Å². The van der Waals surface area contributed by atoms with Crippen molar-refractivity contribution in [2.45, 2.75) is 6.04 Å². The van der Waals surface area contributed by atoms with Gasteiger partial charge in [0.1, 0.15) is 0 Å². The third kappa shape index (κ3) is 2.00. The summed E-state index contributed by atoms with van der Waals surface area (Å²) in [6.07, 6.45) is 0. The molecule has 68 valence electrons. The van der Waals surface area contributed by atoms with Crippen LogP contribution in [0.2, 0.25) is 0 Å². The van der Waals surface area contributed by atoms with E-state index in [4.69, 9.17) is 12.2 Å². The van der Waals surface area contributed by atoms with Gasteiger partial charge >= 0.3 is 0 Å². The Hall–Kier alpha value is -0.610. The monoisotopic (exact) mass is 256 g/mol. The average Bonchev–Trinajstić information content (AvgIpc) is 2.52. The van der Waals surface area contributed by atoms with Crippen LogP contribution in [0.15, 0.2) is 28.7 Å². The lowest BCUT2D eigenvalue weighted by atomic mass is 10.1. The van der Waals surface area contributed by atoms with Crippen molar-refractivity contribution in [1.82, 2.24) is 10.6 Å². The molecule has 0 aromatic heterocycles. The summed E-state index contributed by atoms with van der Waals surface area (Å²) in [6, 6.07) is 8.56. The molecule has 13 heavy (non-hydrogen) atoms. The zero-order chi connectivity index (χ0) is 9.26. The van der Waals surface area contributed by atoms with E-state index >= 15 is 0 Å². The molecular weight excluding hydrogens is 248 g/mol. The largest absolute Gasteiger partial charge is 0.360 e. The van der Waals surface area contributed by atoms with Crippen molar-refractivity contribution in [2.24, 2.45) is 0 Å². The van der Waals surface area contributed by atoms with E-state index in [-0.39, 0.29) is 0 Å². The summed E-state index contributed by atoms with van der Waals surface area (Å²) in [5.74, 6) is 0. The quantitative estimate of drug-likeness (QED) is 0.752. The van der Waals surface area contributed by atoms with Gasteiger partial charge in [0.15, 0.2) is 5.11 Å². The van der Waals surface area contributed by atoms with Gasteiger partial charge in [-0.1, -0.05) is 28.1 Å². The standard InChI is InChI=1S/C9H9BrN2S/c10-7-3-1-2-6(4-7)8-5-11-9(13)12-8/h1-4,8H,5H2,(H2,11,12,13). The molecule has 1 aromatic rings. The Balaban J connectivity index is 2.21. The van der Waals surface area contributed by atoms with Crippen molar-refractivity contribution in [3.8, 4) is 0 Å². The first-order chi connectivity index (χ1) is 6.25. The van der Waals surface area contributed by atoms with Crippen LogP contribution < -0.4 is 10.6 Å². The van der Waals surface area contributed by atoms with E-state index < -0.39 is 0 Å². The predicted molar refractivity (Wildman–Crippen MR) is 60.6 cm³/mol. The highest BCUT2D eigenvalue weighted by Gasteiger charge is 2.18. The molecule has 0 saturated carbocycles. The lowest BCUT2D eigenvalue weighted by molar-refractivity contribution is 0.707. The fraction of sp³-hybridized carbons (Fsp3) is 0.222. The van der Waals surface area contributed by atoms with Gasteiger partial charge in [-0.05, 0) is 29.9 Å². The molecule has 1 aliphatic heterocycles. The molecule has 1 fully saturated rings. The number of rotatable bonds is 1. The maximum Gasteiger partial charge on any atom is 0.166 e. The topological polar surface area (TPSA) is 24.1 Å². The summed E-state index contributed by atoms with van der Waals surface area (Å²) in [6.45, 7) is 0.870. The molecule has 1 unspecified atom stereocenters. The number of hydrogen-bond donors (Lipinski definition) is 2. The number of benzene rings is 1. The first-order valence-electron chi connectivity index (χ1n) is 4.05. The molecule has 1 heterocycles. The van der Waals surface area contributed by atoms with Gasteiger partial charge in [-0.25, -0.2) is 0 Å². The lowest BCUT2D eigenvalue weighted by Gasteiger charge is -2.09. The van der Waals surface area contributed by atoms with Gasteiger partial charge < -0.3 is 10.6 Å². The minimum atomic E-state index is 0.310. The van der Waals surface area contributed by atoms with E-state index in [9.17, 15) is 0 Å². The van der Waals surface area contributed by atoms with Crippen LogP contribution in [0.4, 0.5) is 0 Å². The molecule has 2 rings (SSSR count). The fourth-order valence-electron chi connectivity index (χ4n) is 1.38. The SMILES string of the molecule is S=C1NCC(c2cccc(Br)c2)N1. The Morgan fingerprint density at radius 3 is 2.92 bits per heavy atom. The smallest absolute Gasteiger partial charge is 0.166 e. The number of nitrogens with one attached hydrogen (secondary N) is 2. The summed E-state index contributed by atoms with van der Waals surface area (Å²) < 4.78 is 1.10. The maximum absolute atomic E-state index is 4.99. The molecule has 0 radical (unpaired) electrons. The number of halogens is 1. The maximum atomic E-state index is 4.99. The summed E-state index contributed by atoms with van der Waals surface area (Å²) in [5, 5.41) is 7.03. The predicted octanol–water partition coefficient (Wildman–Crippen LogP) is 1.97. The molecular formula is C9H9BrN2S. The van der Waals surface area contributed by atoms with Gasteiger partial charge in [-0.2, -0.15) is 0 Å². The van der Waals surface area contributed by atoms with Gasteiger partial charge in [0, 0.05) is 11.0 Å². The van der Waals surface area contributed by atoms with E-state index in [1.165, 1.54) is 5.56 Å². The Morgan fingerprint density at radius 1 is 1.46 bits per heavy atom. The summed E-state index contributed by atoms with van der Waals surface area (Å²) in [4.78, 5) is 0. The van der Waals surface area contributed by atoms with Crippen molar-refractivity contribution < 1.29 is 0 Å². The summed E-state index contributed by atoms with van der Waals surface area (Å²) in [5.41, 5.74) is 1.25. The Labute approximate surface area is 90.8 Å². The van der Waals surface area contributed by atoms with E-state index in [0.717, 1.165) is 16.1 Å². The third-order valence-electron chi connectivity index (χ3n) is 2.02. The minimum absolute atomic E-state index is 0.310. The van der Waals surface area contributed by atoms with Crippen LogP contribution >= 0.6 is 28.1 Å². The minimum Gasteiger partial charge on any atom is -0.360 e. The Morgan fingerprint density at radius 2 is 2.31 bits per heavy atom. The van der Waals surface area contributed by atoms with Crippen LogP contribution in [0.5, 0.6) is 0 Å². The summed E-state index contributed by atoms with van der Waals surface area (Å²) in [7, 11) is 0. The molecule has 4 heteroatoms. The second-order valence-corrected chi connectivity index (χ2v) is 4.29. The second kappa shape index (κ2) is 3.64. The average molecular weight is 257 g/mol. The van der Waals surface area contributed by atoms with Crippen LogP contribution in [-0.4, -0.2) is 11.7 Å². The highest BCUT2D eigenvalue weighted by molar-refractivity contribution is 9.10. The lowest BCUT2D eigenvalue weighted by Crippen LogP contribution is -2.21. The highest BCUT2D eigenvalue weighted by atomic mass is 79.9. The first kappa shape index (κ1) is 8.97. The fourth-order valence-corrected chi connectivity index (χ4v) is 2.02. The van der Waals surface area contributed by atoms with Crippen molar-refractivity contribution in [2.75, 3.05) is 6.54 Å². The van der Waals surface area contributed by atoms with E-state index in [0.29, 0.717) is 6.04 Å². The Kier molecular flexibility index (Phi) is 2.51. The number of hydrogen-bond acceptors (Lipinski definition) is 1. The molecule has 0 amide bonds. The normalized spacial score (nSPS) is 21.0. The van der Waals surface area contributed by atoms with Gasteiger partial charge in [0.05, 0.1) is 6.04 Å². The van der Waals surface area contributed by atoms with Gasteiger partial charge in [-0.3, -0.25) is 0 Å². The number of thiocarbonyl (C=S) groups is 1. The van der Waals surface area contributed by atoms with Crippen LogP contribution in [0.1, 0.15) is 11.6 Å². The molecule has 1 atom stereocenters. The van der Waals surface area contributed by atoms with Crippen LogP contribution in [0.25, 0.3) is 0 Å². The molecule has 2 nitrogen and oxygen atoms in total. The first-order valence-corrected chi connectivity index (χ1v) is 5.25. The van der Waals surface area contributed by atoms with Crippen molar-refractivity contribution in [3.05, 3.63) is 34.3 Å². The van der Waals surface area contributed by atoms with Crippen LogP contribution in [0.3, 0.4) is 0 Å². The molecule has 1 aromatic carbocycles. The molecule has 0 aliphatic carbocycles. The highest BCUT2D eigenvalue weighted by Crippen LogP contribution is 2.19. The third-order valence-corrected chi connectivity index (χ3v) is 2.78. The van der Waals surface area contributed by atoms with Gasteiger partial charge in [0.2, 0.25) is 0 Å². The second-order valence-electron chi connectivity index (χ2n) is 2.96. The summed E-state index contributed by atoms with van der Waals surface area (Å²) >= 11 is 8.44. The zero-order valence-corrected chi connectivity index (χ0v) is 9.28. The van der Waals surface area contributed by atoms with Gasteiger partial charge in [-0.15, -0.1) is 0 Å². The molecule has 1 saturated heterocycles. The van der Waals surface area contributed by atoms with Crippen molar-refractivity contribution in [1.29, 1.82) is 0 Å². The Bertz CT molecular complexity index is 340. The van der Waals surface area contributed by atoms with Crippen molar-refractivity contribution >= 4 is 33.3 Å². The molecule has 1 aliphatic rings. The van der Waals surface area contributed by atoms with E-state index in [2.05, 4.69) is 38.7 Å². The van der Waals surface area contributed by atoms with Gasteiger partial charge in [0.25, 0.3) is 0 Å². The van der Waals surface area contributed by atoms with E-state index in [1.54, 1.807) is 0 Å².